The van der Waals surface area contributed by atoms with Gasteiger partial charge in [-0.1, -0.05) is 6.07 Å². The number of nitrogens with zero attached hydrogens (tertiary/aromatic N) is 4. The molecule has 0 spiro atoms. The zero-order chi connectivity index (χ0) is 20.7. The van der Waals surface area contributed by atoms with E-state index in [1.807, 2.05) is 30.1 Å². The summed E-state index contributed by atoms with van der Waals surface area (Å²) in [4.78, 5) is 12.7. The fraction of sp³-hybridized carbons (Fsp3) is 0.524. The Kier molecular flexibility index (Phi) is 7.24. The van der Waals surface area contributed by atoms with Gasteiger partial charge in [-0.3, -0.25) is 4.90 Å². The van der Waals surface area contributed by atoms with Crippen molar-refractivity contribution in [2.75, 3.05) is 59.0 Å². The Hall–Kier alpha value is -2.42. The highest BCUT2D eigenvalue weighted by molar-refractivity contribution is 5.43. The first-order valence-electron chi connectivity index (χ1n) is 9.74. The molecule has 1 atom stereocenters. The topological polar surface area (TPSA) is 80.2 Å². The van der Waals surface area contributed by atoms with Gasteiger partial charge < -0.3 is 24.2 Å². The van der Waals surface area contributed by atoms with E-state index in [4.69, 9.17) is 14.2 Å². The molecule has 0 unspecified atom stereocenters. The van der Waals surface area contributed by atoms with Gasteiger partial charge in [-0.2, -0.15) is 0 Å². The molecule has 8 heteroatoms. The first-order chi connectivity index (χ1) is 14.0. The minimum absolute atomic E-state index is 0.462. The number of rotatable bonds is 10. The lowest BCUT2D eigenvalue weighted by molar-refractivity contribution is 0.0279. The molecule has 8 nitrogen and oxygen atoms in total. The van der Waals surface area contributed by atoms with Gasteiger partial charge in [-0.05, 0) is 37.2 Å². The second-order valence-electron chi connectivity index (χ2n) is 7.44. The van der Waals surface area contributed by atoms with Crippen molar-refractivity contribution in [3.8, 4) is 11.5 Å². The van der Waals surface area contributed by atoms with Crippen molar-refractivity contribution in [3.63, 3.8) is 0 Å². The fourth-order valence-corrected chi connectivity index (χ4v) is 3.65. The number of aromatic nitrogens is 2. The molecule has 1 aliphatic heterocycles. The fourth-order valence-electron chi connectivity index (χ4n) is 3.65. The molecule has 0 bridgehead atoms. The number of ether oxygens (including phenoxy) is 3. The molecule has 158 valence electrons. The van der Waals surface area contributed by atoms with Gasteiger partial charge in [0, 0.05) is 39.1 Å². The van der Waals surface area contributed by atoms with E-state index >= 15 is 0 Å². The van der Waals surface area contributed by atoms with Gasteiger partial charge in [-0.25, -0.2) is 9.97 Å². The van der Waals surface area contributed by atoms with E-state index in [2.05, 4.69) is 14.9 Å². The third kappa shape index (κ3) is 5.79. The molecule has 29 heavy (non-hydrogen) atoms. The van der Waals surface area contributed by atoms with Gasteiger partial charge in [0.05, 0.1) is 25.9 Å². The maximum atomic E-state index is 11.1. The quantitative estimate of drug-likeness (QED) is 0.600. The summed E-state index contributed by atoms with van der Waals surface area (Å²) in [5.74, 6) is 2.06. The van der Waals surface area contributed by atoms with Crippen molar-refractivity contribution >= 4 is 5.95 Å². The van der Waals surface area contributed by atoms with Gasteiger partial charge >= 0.3 is 0 Å². The third-order valence-electron chi connectivity index (χ3n) is 4.96. The Morgan fingerprint density at radius 1 is 1.17 bits per heavy atom. The lowest BCUT2D eigenvalue weighted by Gasteiger charge is -2.29. The van der Waals surface area contributed by atoms with Crippen LogP contribution in [-0.4, -0.2) is 79.7 Å². The molecular formula is C21H30N4O4. The Labute approximate surface area is 172 Å². The molecule has 1 aromatic heterocycles. The Balaban J connectivity index is 1.58. The summed E-state index contributed by atoms with van der Waals surface area (Å²) >= 11 is 0. The summed E-state index contributed by atoms with van der Waals surface area (Å²) in [5.41, 5.74) is 0.295. The Morgan fingerprint density at radius 2 is 1.97 bits per heavy atom. The highest BCUT2D eigenvalue weighted by Gasteiger charge is 2.38. The van der Waals surface area contributed by atoms with Crippen LogP contribution in [0.15, 0.2) is 36.7 Å². The molecule has 0 amide bonds. The summed E-state index contributed by atoms with van der Waals surface area (Å²) in [6.07, 6.45) is 4.13. The van der Waals surface area contributed by atoms with Crippen LogP contribution in [0.4, 0.5) is 5.95 Å². The smallest absolute Gasteiger partial charge is 0.225 e. The van der Waals surface area contributed by atoms with E-state index in [1.165, 1.54) is 0 Å². The average Bonchev–Trinajstić information content (AvgIpc) is 3.10. The van der Waals surface area contributed by atoms with Crippen molar-refractivity contribution in [2.45, 2.75) is 18.6 Å². The monoisotopic (exact) mass is 402 g/mol. The van der Waals surface area contributed by atoms with Gasteiger partial charge in [0.2, 0.25) is 5.95 Å². The summed E-state index contributed by atoms with van der Waals surface area (Å²) in [7, 11) is 5.28. The molecule has 2 aromatic rings. The predicted octanol–water partition coefficient (Wildman–Crippen LogP) is 1.58. The summed E-state index contributed by atoms with van der Waals surface area (Å²) in [5, 5.41) is 11.1. The lowest BCUT2D eigenvalue weighted by atomic mass is 10.0. The number of methoxy groups -OCH3 is 2. The second-order valence-corrected chi connectivity index (χ2v) is 7.44. The molecule has 0 radical (unpaired) electrons. The molecule has 1 aliphatic rings. The van der Waals surface area contributed by atoms with Crippen LogP contribution < -0.4 is 14.4 Å². The summed E-state index contributed by atoms with van der Waals surface area (Å²) in [6, 6.07) is 7.70. The molecule has 0 aliphatic carbocycles. The number of likely N-dealkylation sites (N-methyl/N-ethyl adjacent to an activating group) is 1. The number of hydrogen-bond acceptors (Lipinski definition) is 8. The highest BCUT2D eigenvalue weighted by atomic mass is 16.5. The minimum atomic E-state index is -0.793. The van der Waals surface area contributed by atoms with Gasteiger partial charge in [0.15, 0.2) is 11.5 Å². The molecule has 0 saturated carbocycles. The number of hydrogen-bond donors (Lipinski definition) is 1. The van der Waals surface area contributed by atoms with Crippen LogP contribution >= 0.6 is 0 Å². The van der Waals surface area contributed by atoms with E-state index in [9.17, 15) is 5.11 Å². The molecule has 2 heterocycles. The predicted molar refractivity (Wildman–Crippen MR) is 111 cm³/mol. The zero-order valence-electron chi connectivity index (χ0n) is 17.4. The van der Waals surface area contributed by atoms with Crippen molar-refractivity contribution in [1.29, 1.82) is 0 Å². The van der Waals surface area contributed by atoms with Gasteiger partial charge in [0.1, 0.15) is 6.61 Å². The van der Waals surface area contributed by atoms with Crippen LogP contribution in [0.5, 0.6) is 11.5 Å². The molecule has 1 aromatic carbocycles. The van der Waals surface area contributed by atoms with E-state index in [1.54, 1.807) is 32.7 Å². The molecule has 1 fully saturated rings. The summed E-state index contributed by atoms with van der Waals surface area (Å²) < 4.78 is 16.2. The normalized spacial score (nSPS) is 19.0. The number of aliphatic hydroxyl groups is 1. The van der Waals surface area contributed by atoms with E-state index < -0.39 is 5.60 Å². The SMILES string of the molecule is COCCOc1cc(CN(C)C[C@@]2(O)CCN(c3ncccn3)C2)ccc1OC. The Morgan fingerprint density at radius 3 is 2.69 bits per heavy atom. The molecule has 1 saturated heterocycles. The van der Waals surface area contributed by atoms with Crippen molar-refractivity contribution in [1.82, 2.24) is 14.9 Å². The standard InChI is InChI=1S/C21H30N4O4/c1-24(14-17-5-6-18(28-3)19(13-17)29-12-11-27-2)15-21(26)7-10-25(16-21)20-22-8-4-9-23-20/h4-6,8-9,13,26H,7,10-12,14-16H2,1-3H3/t21-/m0/s1. The molecule has 1 N–H and O–H groups in total. The van der Waals surface area contributed by atoms with Crippen LogP contribution in [0.1, 0.15) is 12.0 Å². The lowest BCUT2D eigenvalue weighted by Crippen LogP contribution is -2.43. The van der Waals surface area contributed by atoms with E-state index in [0.717, 1.165) is 12.1 Å². The number of β-amino-alcohol motifs (C(OH)–C–C–N with tert-alkyl or cyclic N) is 1. The first-order valence-corrected chi connectivity index (χ1v) is 9.74. The number of anilines is 1. The third-order valence-corrected chi connectivity index (χ3v) is 4.96. The molecular weight excluding hydrogens is 372 g/mol. The van der Waals surface area contributed by atoms with Crippen LogP contribution in [0.25, 0.3) is 0 Å². The zero-order valence-corrected chi connectivity index (χ0v) is 17.4. The van der Waals surface area contributed by atoms with Crippen LogP contribution in [0.2, 0.25) is 0 Å². The minimum Gasteiger partial charge on any atom is -0.493 e. The van der Waals surface area contributed by atoms with E-state index in [-0.39, 0.29) is 0 Å². The van der Waals surface area contributed by atoms with Crippen LogP contribution in [-0.2, 0) is 11.3 Å². The number of benzene rings is 1. The van der Waals surface area contributed by atoms with Crippen LogP contribution in [0, 0.1) is 0 Å². The van der Waals surface area contributed by atoms with Gasteiger partial charge in [0.25, 0.3) is 0 Å². The first kappa shape index (κ1) is 21.3. The largest absolute Gasteiger partial charge is 0.493 e. The van der Waals surface area contributed by atoms with Crippen molar-refractivity contribution in [3.05, 3.63) is 42.2 Å². The van der Waals surface area contributed by atoms with Gasteiger partial charge in [-0.15, -0.1) is 0 Å². The van der Waals surface area contributed by atoms with Crippen molar-refractivity contribution in [2.24, 2.45) is 0 Å². The molecule has 3 rings (SSSR count). The average molecular weight is 402 g/mol. The second kappa shape index (κ2) is 9.87. The Bertz CT molecular complexity index is 777. The summed E-state index contributed by atoms with van der Waals surface area (Å²) in [6.45, 7) is 3.49. The van der Waals surface area contributed by atoms with Crippen molar-refractivity contribution < 1.29 is 19.3 Å². The maximum Gasteiger partial charge on any atom is 0.225 e. The van der Waals surface area contributed by atoms with E-state index in [0.29, 0.717) is 56.7 Å². The maximum absolute atomic E-state index is 11.1. The highest BCUT2D eigenvalue weighted by Crippen LogP contribution is 2.29. The van der Waals surface area contributed by atoms with Crippen LogP contribution in [0.3, 0.4) is 0 Å².